The highest BCUT2D eigenvalue weighted by Gasteiger charge is 2.25. The predicted molar refractivity (Wildman–Crippen MR) is 108 cm³/mol. The number of anilines is 1. The maximum Gasteiger partial charge on any atom is 0.219 e. The largest absolute Gasteiger partial charge is 0.351 e. The molecule has 4 rings (SSSR count). The van der Waals surface area contributed by atoms with E-state index in [-0.39, 0.29) is 5.91 Å². The number of para-hydroxylation sites is 1. The van der Waals surface area contributed by atoms with Gasteiger partial charge in [0.05, 0.1) is 11.4 Å². The first-order chi connectivity index (χ1) is 13.1. The van der Waals surface area contributed by atoms with Gasteiger partial charge in [-0.2, -0.15) is 0 Å². The minimum atomic E-state index is 0.145. The molecule has 1 aliphatic heterocycles. The molecule has 1 fully saturated rings. The van der Waals surface area contributed by atoms with Crippen LogP contribution in [0.25, 0.3) is 16.9 Å². The molecule has 1 amide bonds. The van der Waals surface area contributed by atoms with Gasteiger partial charge in [0.25, 0.3) is 0 Å². The van der Waals surface area contributed by atoms with Crippen molar-refractivity contribution in [3.8, 4) is 16.9 Å². The van der Waals surface area contributed by atoms with Crippen LogP contribution in [0.3, 0.4) is 0 Å². The van der Waals surface area contributed by atoms with E-state index in [1.165, 1.54) is 5.56 Å². The number of hydrogen-bond donors (Lipinski definition) is 0. The Labute approximate surface area is 159 Å². The zero-order valence-corrected chi connectivity index (χ0v) is 15.8. The van der Waals surface area contributed by atoms with Crippen LogP contribution in [0.4, 0.5) is 5.82 Å². The van der Waals surface area contributed by atoms with Gasteiger partial charge in [-0.25, -0.2) is 4.68 Å². The molecule has 0 spiro atoms. The molecule has 5 nitrogen and oxygen atoms in total. The van der Waals surface area contributed by atoms with Crippen molar-refractivity contribution in [2.75, 3.05) is 31.1 Å². The molecule has 0 atom stereocenters. The van der Waals surface area contributed by atoms with Crippen molar-refractivity contribution in [3.05, 3.63) is 66.2 Å². The van der Waals surface area contributed by atoms with Gasteiger partial charge in [-0.1, -0.05) is 48.5 Å². The fraction of sp³-hybridized carbons (Fsp3) is 0.273. The number of nitrogens with zero attached hydrogens (tertiary/aromatic N) is 4. The van der Waals surface area contributed by atoms with Gasteiger partial charge in [0.1, 0.15) is 0 Å². The van der Waals surface area contributed by atoms with E-state index >= 15 is 0 Å². The molecule has 2 aromatic carbocycles. The van der Waals surface area contributed by atoms with Crippen molar-refractivity contribution in [1.82, 2.24) is 14.7 Å². The first kappa shape index (κ1) is 17.3. The van der Waals surface area contributed by atoms with E-state index < -0.39 is 0 Å². The topological polar surface area (TPSA) is 41.4 Å². The standard InChI is InChI=1S/C22H24N4O/c1-17-21(19-9-5-3-6-10-19)26(20-11-7-4-8-12-20)23-22(17)25-15-13-24(14-16-25)18(2)27/h3-12H,13-16H2,1-2H3. The van der Waals surface area contributed by atoms with Gasteiger partial charge in [0.2, 0.25) is 5.91 Å². The fourth-order valence-corrected chi connectivity index (χ4v) is 3.71. The van der Waals surface area contributed by atoms with Gasteiger partial charge in [-0.05, 0) is 19.1 Å². The number of rotatable bonds is 3. The van der Waals surface area contributed by atoms with Crippen LogP contribution in [0, 0.1) is 6.92 Å². The summed E-state index contributed by atoms with van der Waals surface area (Å²) in [5.41, 5.74) is 4.49. The van der Waals surface area contributed by atoms with Crippen molar-refractivity contribution in [3.63, 3.8) is 0 Å². The second-order valence-corrected chi connectivity index (χ2v) is 6.90. The summed E-state index contributed by atoms with van der Waals surface area (Å²) in [6, 6.07) is 20.6. The minimum absolute atomic E-state index is 0.145. The van der Waals surface area contributed by atoms with Crippen molar-refractivity contribution in [2.45, 2.75) is 13.8 Å². The summed E-state index contributed by atoms with van der Waals surface area (Å²) < 4.78 is 2.04. The molecule has 1 aromatic heterocycles. The van der Waals surface area contributed by atoms with Crippen LogP contribution >= 0.6 is 0 Å². The van der Waals surface area contributed by atoms with Crippen LogP contribution in [0.15, 0.2) is 60.7 Å². The summed E-state index contributed by atoms with van der Waals surface area (Å²) >= 11 is 0. The Bertz CT molecular complexity index is 926. The van der Waals surface area contributed by atoms with Crippen LogP contribution in [0.1, 0.15) is 12.5 Å². The molecular formula is C22H24N4O. The van der Waals surface area contributed by atoms with E-state index in [1.54, 1.807) is 6.92 Å². The molecular weight excluding hydrogens is 336 g/mol. The van der Waals surface area contributed by atoms with E-state index in [1.807, 2.05) is 33.8 Å². The fourth-order valence-electron chi connectivity index (χ4n) is 3.71. The van der Waals surface area contributed by atoms with Gasteiger partial charge in [-0.15, -0.1) is 5.10 Å². The van der Waals surface area contributed by atoms with Crippen LogP contribution in [0.2, 0.25) is 0 Å². The smallest absolute Gasteiger partial charge is 0.219 e. The van der Waals surface area contributed by atoms with Crippen LogP contribution < -0.4 is 4.90 Å². The van der Waals surface area contributed by atoms with Gasteiger partial charge < -0.3 is 9.80 Å². The summed E-state index contributed by atoms with van der Waals surface area (Å²) in [5.74, 6) is 1.15. The third-order valence-electron chi connectivity index (χ3n) is 5.17. The Hall–Kier alpha value is -3.08. The second kappa shape index (κ2) is 7.27. The van der Waals surface area contributed by atoms with E-state index in [4.69, 9.17) is 5.10 Å². The molecule has 0 N–H and O–H groups in total. The Balaban J connectivity index is 1.76. The number of benzene rings is 2. The summed E-state index contributed by atoms with van der Waals surface area (Å²) in [6.07, 6.45) is 0. The Morgan fingerprint density at radius 1 is 0.889 bits per heavy atom. The molecule has 1 aliphatic rings. The lowest BCUT2D eigenvalue weighted by Gasteiger charge is -2.34. The van der Waals surface area contributed by atoms with E-state index in [0.29, 0.717) is 0 Å². The maximum atomic E-state index is 11.6. The molecule has 3 aromatic rings. The first-order valence-corrected chi connectivity index (χ1v) is 9.36. The lowest BCUT2D eigenvalue weighted by Crippen LogP contribution is -2.48. The molecule has 0 bridgehead atoms. The Kier molecular flexibility index (Phi) is 4.67. The summed E-state index contributed by atoms with van der Waals surface area (Å²) in [7, 11) is 0. The van der Waals surface area contributed by atoms with Crippen LogP contribution in [-0.4, -0.2) is 46.8 Å². The molecule has 1 saturated heterocycles. The van der Waals surface area contributed by atoms with Gasteiger partial charge in [0, 0.05) is 44.2 Å². The molecule has 5 heteroatoms. The zero-order valence-electron chi connectivity index (χ0n) is 15.8. The summed E-state index contributed by atoms with van der Waals surface area (Å²) in [5, 5.41) is 4.99. The van der Waals surface area contributed by atoms with Crippen molar-refractivity contribution in [2.24, 2.45) is 0 Å². The van der Waals surface area contributed by atoms with Gasteiger partial charge >= 0.3 is 0 Å². The number of piperazine rings is 1. The Morgan fingerprint density at radius 3 is 2.07 bits per heavy atom. The third-order valence-corrected chi connectivity index (χ3v) is 5.17. The van der Waals surface area contributed by atoms with Gasteiger partial charge in [0.15, 0.2) is 5.82 Å². The summed E-state index contributed by atoms with van der Waals surface area (Å²) in [4.78, 5) is 15.8. The number of aromatic nitrogens is 2. The molecule has 0 radical (unpaired) electrons. The van der Waals surface area contributed by atoms with Gasteiger partial charge in [-0.3, -0.25) is 4.79 Å². The van der Waals surface area contributed by atoms with Crippen LogP contribution in [0.5, 0.6) is 0 Å². The summed E-state index contributed by atoms with van der Waals surface area (Å²) in [6.45, 7) is 6.88. The normalized spacial score (nSPS) is 14.4. The quantitative estimate of drug-likeness (QED) is 0.718. The lowest BCUT2D eigenvalue weighted by atomic mass is 10.1. The van der Waals surface area contributed by atoms with E-state index in [2.05, 4.69) is 48.2 Å². The number of hydrogen-bond acceptors (Lipinski definition) is 3. The molecule has 138 valence electrons. The number of amides is 1. The van der Waals surface area contributed by atoms with E-state index in [9.17, 15) is 4.79 Å². The predicted octanol–water partition coefficient (Wildman–Crippen LogP) is 3.52. The monoisotopic (exact) mass is 360 g/mol. The maximum absolute atomic E-state index is 11.6. The second-order valence-electron chi connectivity index (χ2n) is 6.90. The third kappa shape index (κ3) is 3.33. The Morgan fingerprint density at radius 2 is 1.48 bits per heavy atom. The average Bonchev–Trinajstić information content (AvgIpc) is 3.06. The number of carbonyl (C=O) groups is 1. The van der Waals surface area contributed by atoms with Crippen molar-refractivity contribution < 1.29 is 4.79 Å². The highest BCUT2D eigenvalue weighted by atomic mass is 16.2. The van der Waals surface area contributed by atoms with Crippen molar-refractivity contribution >= 4 is 11.7 Å². The molecule has 0 aliphatic carbocycles. The van der Waals surface area contributed by atoms with Crippen LogP contribution in [-0.2, 0) is 4.79 Å². The molecule has 2 heterocycles. The number of carbonyl (C=O) groups excluding carboxylic acids is 1. The molecule has 27 heavy (non-hydrogen) atoms. The molecule has 0 saturated carbocycles. The minimum Gasteiger partial charge on any atom is -0.351 e. The first-order valence-electron chi connectivity index (χ1n) is 9.36. The zero-order chi connectivity index (χ0) is 18.8. The molecule has 0 unspecified atom stereocenters. The van der Waals surface area contributed by atoms with Crippen molar-refractivity contribution in [1.29, 1.82) is 0 Å². The highest BCUT2D eigenvalue weighted by Crippen LogP contribution is 2.33. The highest BCUT2D eigenvalue weighted by molar-refractivity contribution is 5.74. The lowest BCUT2D eigenvalue weighted by molar-refractivity contribution is -0.129. The van der Waals surface area contributed by atoms with E-state index in [0.717, 1.165) is 48.9 Å². The SMILES string of the molecule is CC(=O)N1CCN(c2nn(-c3ccccc3)c(-c3ccccc3)c2C)CC1. The average molecular weight is 360 g/mol.